The standard InChI is InChI=1S/C16H23N5O2/c1-10(2)23-14-7-5-13(6-8-14)21-12(4)15(19-20-21)16(22)18-11(3)9-17/h5-8,10-11H,9,17H2,1-4H3,(H,18,22)/t11-/m0/s1. The number of carbonyl (C=O) groups is 1. The third kappa shape index (κ3) is 4.07. The largest absolute Gasteiger partial charge is 0.491 e. The Morgan fingerprint density at radius 1 is 1.30 bits per heavy atom. The summed E-state index contributed by atoms with van der Waals surface area (Å²) in [6, 6.07) is 7.38. The fourth-order valence-electron chi connectivity index (χ4n) is 2.07. The van der Waals surface area contributed by atoms with Crippen LogP contribution >= 0.6 is 0 Å². The monoisotopic (exact) mass is 317 g/mol. The average Bonchev–Trinajstić information content (AvgIpc) is 2.89. The van der Waals surface area contributed by atoms with Crippen molar-refractivity contribution in [3.8, 4) is 11.4 Å². The van der Waals surface area contributed by atoms with Gasteiger partial charge in [0.1, 0.15) is 5.75 Å². The first kappa shape index (κ1) is 17.0. The van der Waals surface area contributed by atoms with Gasteiger partial charge in [0.05, 0.1) is 17.5 Å². The maximum atomic E-state index is 12.2. The average molecular weight is 317 g/mol. The molecule has 1 aromatic heterocycles. The summed E-state index contributed by atoms with van der Waals surface area (Å²) in [6.45, 7) is 7.97. The lowest BCUT2D eigenvalue weighted by Gasteiger charge is -2.11. The van der Waals surface area contributed by atoms with Crippen molar-refractivity contribution < 1.29 is 9.53 Å². The fourth-order valence-corrected chi connectivity index (χ4v) is 2.07. The molecule has 0 aliphatic rings. The van der Waals surface area contributed by atoms with Gasteiger partial charge in [-0.25, -0.2) is 4.68 Å². The maximum Gasteiger partial charge on any atom is 0.274 e. The number of aromatic nitrogens is 3. The highest BCUT2D eigenvalue weighted by molar-refractivity contribution is 5.93. The third-order valence-electron chi connectivity index (χ3n) is 3.29. The molecule has 1 atom stereocenters. The summed E-state index contributed by atoms with van der Waals surface area (Å²) >= 11 is 0. The normalized spacial score (nSPS) is 12.3. The van der Waals surface area contributed by atoms with Gasteiger partial charge in [-0.15, -0.1) is 5.10 Å². The van der Waals surface area contributed by atoms with Gasteiger partial charge in [-0.3, -0.25) is 4.79 Å². The zero-order valence-electron chi connectivity index (χ0n) is 13.9. The number of nitrogens with zero attached hydrogens (tertiary/aromatic N) is 3. The van der Waals surface area contributed by atoms with Crippen LogP contribution < -0.4 is 15.8 Å². The van der Waals surface area contributed by atoms with E-state index in [0.29, 0.717) is 17.9 Å². The molecule has 7 heteroatoms. The summed E-state index contributed by atoms with van der Waals surface area (Å²) in [7, 11) is 0. The van der Waals surface area contributed by atoms with E-state index in [4.69, 9.17) is 10.5 Å². The van der Waals surface area contributed by atoms with Crippen LogP contribution in [0.4, 0.5) is 0 Å². The molecule has 23 heavy (non-hydrogen) atoms. The summed E-state index contributed by atoms with van der Waals surface area (Å²) in [6.07, 6.45) is 0.119. The maximum absolute atomic E-state index is 12.2. The van der Waals surface area contributed by atoms with Crippen molar-refractivity contribution in [2.45, 2.75) is 39.8 Å². The Labute approximate surface area is 135 Å². The van der Waals surface area contributed by atoms with E-state index in [1.807, 2.05) is 45.0 Å². The van der Waals surface area contributed by atoms with E-state index < -0.39 is 0 Å². The van der Waals surface area contributed by atoms with Gasteiger partial charge < -0.3 is 15.8 Å². The van der Waals surface area contributed by atoms with Crippen molar-refractivity contribution >= 4 is 5.91 Å². The minimum atomic E-state index is -0.272. The third-order valence-corrected chi connectivity index (χ3v) is 3.29. The lowest BCUT2D eigenvalue weighted by Crippen LogP contribution is -2.38. The van der Waals surface area contributed by atoms with Gasteiger partial charge in [-0.05, 0) is 52.0 Å². The minimum absolute atomic E-state index is 0.112. The molecular formula is C16H23N5O2. The van der Waals surface area contributed by atoms with Crippen molar-refractivity contribution in [1.82, 2.24) is 20.3 Å². The number of hydrogen-bond donors (Lipinski definition) is 2. The Bertz CT molecular complexity index is 664. The van der Waals surface area contributed by atoms with E-state index >= 15 is 0 Å². The zero-order valence-corrected chi connectivity index (χ0v) is 13.9. The fraction of sp³-hybridized carbons (Fsp3) is 0.438. The number of carbonyl (C=O) groups excluding carboxylic acids is 1. The molecule has 2 aromatic rings. The van der Waals surface area contributed by atoms with E-state index in [-0.39, 0.29) is 18.1 Å². The summed E-state index contributed by atoms with van der Waals surface area (Å²) < 4.78 is 7.24. The van der Waals surface area contributed by atoms with Gasteiger partial charge >= 0.3 is 0 Å². The van der Waals surface area contributed by atoms with E-state index in [1.54, 1.807) is 11.6 Å². The molecule has 3 N–H and O–H groups in total. The molecule has 0 aliphatic carbocycles. The number of rotatable bonds is 6. The molecule has 0 unspecified atom stereocenters. The first-order valence-electron chi connectivity index (χ1n) is 7.62. The Morgan fingerprint density at radius 3 is 2.52 bits per heavy atom. The highest BCUT2D eigenvalue weighted by Gasteiger charge is 2.18. The second-order valence-electron chi connectivity index (χ2n) is 5.71. The molecule has 124 valence electrons. The molecule has 0 saturated carbocycles. The molecule has 1 aromatic carbocycles. The number of amides is 1. The first-order valence-corrected chi connectivity index (χ1v) is 7.62. The van der Waals surface area contributed by atoms with Crippen molar-refractivity contribution in [2.75, 3.05) is 6.54 Å². The van der Waals surface area contributed by atoms with Crippen molar-refractivity contribution in [3.05, 3.63) is 35.7 Å². The van der Waals surface area contributed by atoms with Crippen LogP contribution in [0.15, 0.2) is 24.3 Å². The zero-order chi connectivity index (χ0) is 17.0. The van der Waals surface area contributed by atoms with Gasteiger partial charge in [0.15, 0.2) is 5.69 Å². The predicted molar refractivity (Wildman–Crippen MR) is 87.8 cm³/mol. The number of benzene rings is 1. The predicted octanol–water partition coefficient (Wildman–Crippen LogP) is 1.44. The van der Waals surface area contributed by atoms with Crippen LogP contribution in [-0.4, -0.2) is 39.6 Å². The van der Waals surface area contributed by atoms with Gasteiger partial charge in [-0.1, -0.05) is 5.21 Å². The molecule has 1 amide bonds. The van der Waals surface area contributed by atoms with Crippen LogP contribution in [0.3, 0.4) is 0 Å². The Hall–Kier alpha value is -2.41. The smallest absolute Gasteiger partial charge is 0.274 e. The Balaban J connectivity index is 2.20. The van der Waals surface area contributed by atoms with E-state index in [9.17, 15) is 4.79 Å². The van der Waals surface area contributed by atoms with Crippen molar-refractivity contribution in [2.24, 2.45) is 5.73 Å². The highest BCUT2D eigenvalue weighted by atomic mass is 16.5. The quantitative estimate of drug-likeness (QED) is 0.840. The second-order valence-corrected chi connectivity index (χ2v) is 5.71. The van der Waals surface area contributed by atoms with Crippen molar-refractivity contribution in [1.29, 1.82) is 0 Å². The Kier molecular flexibility index (Phi) is 5.33. The second kappa shape index (κ2) is 7.23. The molecule has 2 rings (SSSR count). The lowest BCUT2D eigenvalue weighted by molar-refractivity contribution is 0.0935. The van der Waals surface area contributed by atoms with Crippen LogP contribution in [0.5, 0.6) is 5.75 Å². The molecule has 0 bridgehead atoms. The SMILES string of the molecule is Cc1c(C(=O)N[C@@H](C)CN)nnn1-c1ccc(OC(C)C)cc1. The van der Waals surface area contributed by atoms with Gasteiger partial charge in [0.2, 0.25) is 0 Å². The molecule has 0 fully saturated rings. The molecule has 7 nitrogen and oxygen atoms in total. The van der Waals surface area contributed by atoms with Crippen molar-refractivity contribution in [3.63, 3.8) is 0 Å². The molecule has 1 heterocycles. The number of nitrogens with one attached hydrogen (secondary N) is 1. The van der Waals surface area contributed by atoms with Crippen LogP contribution in [0.2, 0.25) is 0 Å². The Morgan fingerprint density at radius 2 is 1.96 bits per heavy atom. The molecule has 0 aliphatic heterocycles. The number of nitrogens with two attached hydrogens (primary N) is 1. The highest BCUT2D eigenvalue weighted by Crippen LogP contribution is 2.18. The molecule has 0 saturated heterocycles. The van der Waals surface area contributed by atoms with E-state index in [2.05, 4.69) is 15.6 Å². The summed E-state index contributed by atoms with van der Waals surface area (Å²) in [5.41, 5.74) is 7.30. The van der Waals surface area contributed by atoms with Gasteiger partial charge in [-0.2, -0.15) is 0 Å². The van der Waals surface area contributed by atoms with Crippen LogP contribution in [-0.2, 0) is 0 Å². The topological polar surface area (TPSA) is 95.1 Å². The molecule has 0 spiro atoms. The van der Waals surface area contributed by atoms with E-state index in [1.165, 1.54) is 0 Å². The van der Waals surface area contributed by atoms with Crippen LogP contribution in [0.25, 0.3) is 5.69 Å². The van der Waals surface area contributed by atoms with Gasteiger partial charge in [0, 0.05) is 12.6 Å². The number of ether oxygens (including phenoxy) is 1. The summed E-state index contributed by atoms with van der Waals surface area (Å²) in [5.74, 6) is 0.516. The lowest BCUT2D eigenvalue weighted by atomic mass is 10.2. The van der Waals surface area contributed by atoms with E-state index in [0.717, 1.165) is 11.4 Å². The van der Waals surface area contributed by atoms with Crippen LogP contribution in [0, 0.1) is 6.92 Å². The molecular weight excluding hydrogens is 294 g/mol. The summed E-state index contributed by atoms with van der Waals surface area (Å²) in [4.78, 5) is 12.2. The molecule has 0 radical (unpaired) electrons. The van der Waals surface area contributed by atoms with Gasteiger partial charge in [0.25, 0.3) is 5.91 Å². The minimum Gasteiger partial charge on any atom is -0.491 e. The number of hydrogen-bond acceptors (Lipinski definition) is 5. The van der Waals surface area contributed by atoms with Crippen LogP contribution in [0.1, 0.15) is 37.0 Å². The first-order chi connectivity index (χ1) is 10.9. The summed E-state index contributed by atoms with van der Waals surface area (Å²) in [5, 5.41) is 10.8.